The van der Waals surface area contributed by atoms with Crippen LogP contribution in [0.4, 0.5) is 4.39 Å². The Kier molecular flexibility index (Phi) is 6.16. The van der Waals surface area contributed by atoms with Crippen molar-refractivity contribution in [1.82, 2.24) is 0 Å². The van der Waals surface area contributed by atoms with Crippen molar-refractivity contribution in [3.63, 3.8) is 0 Å². The molecule has 2 aromatic rings. The quantitative estimate of drug-likeness (QED) is 0.818. The Morgan fingerprint density at radius 3 is 2.32 bits per heavy atom. The number of halogens is 1. The maximum atomic E-state index is 14.5. The molecule has 0 unspecified atom stereocenters. The molecule has 0 amide bonds. The van der Waals surface area contributed by atoms with Gasteiger partial charge in [-0.05, 0) is 48.7 Å². The van der Waals surface area contributed by atoms with Gasteiger partial charge in [0.15, 0.2) is 0 Å². The molecule has 5 heteroatoms. The summed E-state index contributed by atoms with van der Waals surface area (Å²) >= 11 is 0. The van der Waals surface area contributed by atoms with E-state index in [4.69, 9.17) is 14.2 Å². The molecule has 1 N–H and O–H groups in total. The fourth-order valence-electron chi connectivity index (χ4n) is 2.90. The van der Waals surface area contributed by atoms with Crippen molar-refractivity contribution in [1.29, 1.82) is 0 Å². The van der Waals surface area contributed by atoms with Gasteiger partial charge in [-0.2, -0.15) is 0 Å². The van der Waals surface area contributed by atoms with E-state index in [1.807, 2.05) is 19.9 Å². The number of rotatable bonds is 7. The van der Waals surface area contributed by atoms with E-state index in [0.29, 0.717) is 16.9 Å². The molecule has 25 heavy (non-hydrogen) atoms. The average Bonchev–Trinajstić information content (AvgIpc) is 2.62. The number of benzene rings is 2. The minimum Gasteiger partial charge on any atom is -0.497 e. The molecule has 0 aliphatic carbocycles. The lowest BCUT2D eigenvalue weighted by Gasteiger charge is -2.33. The number of methoxy groups -OCH3 is 3. The summed E-state index contributed by atoms with van der Waals surface area (Å²) in [5, 5.41) is 9.51. The van der Waals surface area contributed by atoms with Crippen molar-refractivity contribution >= 4 is 0 Å². The Morgan fingerprint density at radius 1 is 1.04 bits per heavy atom. The zero-order valence-electron chi connectivity index (χ0n) is 15.3. The van der Waals surface area contributed by atoms with Crippen LogP contribution in [0.3, 0.4) is 0 Å². The Hall–Kier alpha value is -1.95. The third-order valence-corrected chi connectivity index (χ3v) is 4.44. The van der Waals surface area contributed by atoms with Gasteiger partial charge >= 0.3 is 0 Å². The molecular formula is C20H25FO4. The third-order valence-electron chi connectivity index (χ3n) is 4.44. The fraction of sp³-hybridized carbons (Fsp3) is 0.400. The lowest BCUT2D eigenvalue weighted by molar-refractivity contribution is -0.0967. The molecule has 0 spiro atoms. The zero-order chi connectivity index (χ0) is 18.6. The van der Waals surface area contributed by atoms with Gasteiger partial charge in [0.1, 0.15) is 17.7 Å². The summed E-state index contributed by atoms with van der Waals surface area (Å²) in [6, 6.07) is 9.98. The molecular weight excluding hydrogens is 323 g/mol. The van der Waals surface area contributed by atoms with Crippen molar-refractivity contribution in [3.8, 4) is 16.9 Å². The summed E-state index contributed by atoms with van der Waals surface area (Å²) in [6.07, 6.45) is -0.454. The molecule has 4 nitrogen and oxygen atoms in total. The van der Waals surface area contributed by atoms with Gasteiger partial charge in [-0.15, -0.1) is 0 Å². The van der Waals surface area contributed by atoms with Gasteiger partial charge in [0.05, 0.1) is 19.3 Å². The van der Waals surface area contributed by atoms with Crippen molar-refractivity contribution in [2.45, 2.75) is 32.2 Å². The summed E-state index contributed by atoms with van der Waals surface area (Å²) in [4.78, 5) is 0. The molecule has 0 aromatic heterocycles. The summed E-state index contributed by atoms with van der Waals surface area (Å²) in [5.74, 6) is 0.206. The number of aliphatic hydroxyl groups excluding tert-OH is 1. The topological polar surface area (TPSA) is 47.9 Å². The Labute approximate surface area is 148 Å². The highest BCUT2D eigenvalue weighted by Crippen LogP contribution is 2.39. The summed E-state index contributed by atoms with van der Waals surface area (Å²) in [7, 11) is 4.73. The van der Waals surface area contributed by atoms with Crippen LogP contribution in [0, 0.1) is 5.82 Å². The highest BCUT2D eigenvalue weighted by molar-refractivity contribution is 5.70. The largest absolute Gasteiger partial charge is 0.497 e. The van der Waals surface area contributed by atoms with Crippen LogP contribution in [0.15, 0.2) is 36.4 Å². The molecule has 2 rings (SSSR count). The van der Waals surface area contributed by atoms with Gasteiger partial charge in [-0.3, -0.25) is 0 Å². The third kappa shape index (κ3) is 4.00. The highest BCUT2D eigenvalue weighted by Gasteiger charge is 2.33. The first kappa shape index (κ1) is 19.4. The fourth-order valence-corrected chi connectivity index (χ4v) is 2.90. The Balaban J connectivity index is 2.71. The van der Waals surface area contributed by atoms with Crippen LogP contribution < -0.4 is 4.74 Å². The molecule has 1 atom stereocenters. The monoisotopic (exact) mass is 348 g/mol. The van der Waals surface area contributed by atoms with Crippen LogP contribution in [0.1, 0.15) is 31.1 Å². The van der Waals surface area contributed by atoms with E-state index in [1.165, 1.54) is 6.07 Å². The SMILES string of the molecule is COc1ccc(F)c(-c2ccc(CO)cc2[C@@H](OC)C(C)(C)OC)c1. The highest BCUT2D eigenvalue weighted by atomic mass is 19.1. The van der Waals surface area contributed by atoms with E-state index >= 15 is 0 Å². The normalized spacial score (nSPS) is 12.9. The minimum absolute atomic E-state index is 0.113. The van der Waals surface area contributed by atoms with Gasteiger partial charge in [0.2, 0.25) is 0 Å². The maximum absolute atomic E-state index is 14.5. The Bertz CT molecular complexity index is 728. The van der Waals surface area contributed by atoms with E-state index < -0.39 is 11.7 Å². The first-order valence-corrected chi connectivity index (χ1v) is 8.03. The summed E-state index contributed by atoms with van der Waals surface area (Å²) in [5.41, 5.74) is 1.90. The second kappa shape index (κ2) is 7.95. The molecule has 2 aromatic carbocycles. The number of hydrogen-bond acceptors (Lipinski definition) is 4. The predicted molar refractivity (Wildman–Crippen MR) is 95.1 cm³/mol. The molecule has 0 saturated heterocycles. The molecule has 0 heterocycles. The van der Waals surface area contributed by atoms with Crippen molar-refractivity contribution in [2.75, 3.05) is 21.3 Å². The van der Waals surface area contributed by atoms with Crippen LogP contribution in [0.2, 0.25) is 0 Å². The summed E-state index contributed by atoms with van der Waals surface area (Å²) in [6.45, 7) is 3.69. The molecule has 136 valence electrons. The van der Waals surface area contributed by atoms with E-state index in [9.17, 15) is 9.50 Å². The second-order valence-corrected chi connectivity index (χ2v) is 6.35. The lowest BCUT2D eigenvalue weighted by Crippen LogP contribution is -2.33. The summed E-state index contributed by atoms with van der Waals surface area (Å²) < 4.78 is 31.0. The average molecular weight is 348 g/mol. The van der Waals surface area contributed by atoms with Crippen molar-refractivity contribution in [3.05, 3.63) is 53.3 Å². The molecule has 0 aliphatic heterocycles. The molecule has 0 saturated carbocycles. The van der Waals surface area contributed by atoms with Crippen molar-refractivity contribution in [2.24, 2.45) is 0 Å². The number of hydrogen-bond donors (Lipinski definition) is 1. The van der Waals surface area contributed by atoms with Gasteiger partial charge in [-0.1, -0.05) is 18.2 Å². The zero-order valence-corrected chi connectivity index (χ0v) is 15.3. The van der Waals surface area contributed by atoms with Crippen LogP contribution in [0.25, 0.3) is 11.1 Å². The van der Waals surface area contributed by atoms with Crippen LogP contribution in [-0.4, -0.2) is 32.0 Å². The first-order valence-electron chi connectivity index (χ1n) is 8.03. The number of ether oxygens (including phenoxy) is 3. The predicted octanol–water partition coefficient (Wildman–Crippen LogP) is 4.11. The first-order chi connectivity index (χ1) is 11.9. The van der Waals surface area contributed by atoms with Gasteiger partial charge < -0.3 is 19.3 Å². The molecule has 0 bridgehead atoms. The maximum Gasteiger partial charge on any atom is 0.131 e. The van der Waals surface area contributed by atoms with Crippen molar-refractivity contribution < 1.29 is 23.7 Å². The second-order valence-electron chi connectivity index (χ2n) is 6.35. The molecule has 0 aliphatic rings. The van der Waals surface area contributed by atoms with Crippen LogP contribution in [-0.2, 0) is 16.1 Å². The number of aliphatic hydroxyl groups is 1. The standard InChI is InChI=1S/C20H25FO4/c1-20(2,25-5)19(24-4)17-10-13(12-22)6-8-15(17)16-11-14(23-3)7-9-18(16)21/h6-11,19,22H,12H2,1-5H3/t19-/m1/s1. The molecule has 0 radical (unpaired) electrons. The van der Waals surface area contributed by atoms with Gasteiger partial charge in [0.25, 0.3) is 0 Å². The minimum atomic E-state index is -0.646. The van der Waals surface area contributed by atoms with E-state index in [2.05, 4.69) is 0 Å². The van der Waals surface area contributed by atoms with Crippen LogP contribution in [0.5, 0.6) is 5.75 Å². The lowest BCUT2D eigenvalue weighted by atomic mass is 9.87. The Morgan fingerprint density at radius 2 is 1.76 bits per heavy atom. The van der Waals surface area contributed by atoms with E-state index in [0.717, 1.165) is 11.1 Å². The molecule has 0 fully saturated rings. The van der Waals surface area contributed by atoms with E-state index in [1.54, 1.807) is 45.6 Å². The smallest absolute Gasteiger partial charge is 0.131 e. The van der Waals surface area contributed by atoms with E-state index in [-0.39, 0.29) is 12.4 Å². The van der Waals surface area contributed by atoms with Crippen LogP contribution >= 0.6 is 0 Å². The van der Waals surface area contributed by atoms with Gasteiger partial charge in [-0.25, -0.2) is 4.39 Å². The van der Waals surface area contributed by atoms with Gasteiger partial charge in [0, 0.05) is 19.8 Å².